The minimum atomic E-state index is 0.637. The van der Waals surface area contributed by atoms with Crippen molar-refractivity contribution in [3.8, 4) is 0 Å². The van der Waals surface area contributed by atoms with Crippen LogP contribution in [0.25, 0.3) is 0 Å². The Morgan fingerprint density at radius 3 is 2.17 bits per heavy atom. The van der Waals surface area contributed by atoms with Crippen molar-refractivity contribution in [3.05, 3.63) is 22.2 Å². The van der Waals surface area contributed by atoms with E-state index in [2.05, 4.69) is 40.7 Å². The van der Waals surface area contributed by atoms with E-state index in [1.165, 1.54) is 31.5 Å². The average molecular weight is 314 g/mol. The number of rotatable bonds is 7. The van der Waals surface area contributed by atoms with E-state index in [1.54, 1.807) is 0 Å². The van der Waals surface area contributed by atoms with Crippen molar-refractivity contribution in [2.24, 2.45) is 0 Å². The van der Waals surface area contributed by atoms with Gasteiger partial charge in [-0.1, -0.05) is 13.8 Å². The molecule has 0 aliphatic heterocycles. The topological polar surface area (TPSA) is 55.3 Å². The molecule has 0 radical (unpaired) electrons. The minimum Gasteiger partial charge on any atom is -0.397 e. The van der Waals surface area contributed by atoms with Gasteiger partial charge in [-0.15, -0.1) is 0 Å². The largest absolute Gasteiger partial charge is 0.397 e. The molecule has 0 aromatic heterocycles. The first-order valence-electron chi connectivity index (χ1n) is 6.64. The molecule has 102 valence electrons. The highest BCUT2D eigenvalue weighted by molar-refractivity contribution is 9.10. The van der Waals surface area contributed by atoms with E-state index in [0.29, 0.717) is 11.4 Å². The zero-order valence-electron chi connectivity index (χ0n) is 11.4. The summed E-state index contributed by atoms with van der Waals surface area (Å²) in [4.78, 5) is 2.50. The molecule has 0 bridgehead atoms. The Labute approximate surface area is 119 Å². The normalized spacial score (nSPS) is 11.1. The number of anilines is 2. The Hall–Kier alpha value is -0.740. The second-order valence-electron chi connectivity index (χ2n) is 4.67. The number of nitrogen functional groups attached to an aromatic ring is 2. The average Bonchev–Trinajstić information content (AvgIpc) is 2.33. The van der Waals surface area contributed by atoms with Gasteiger partial charge in [0.15, 0.2) is 0 Å². The van der Waals surface area contributed by atoms with Crippen LogP contribution in [0.1, 0.15) is 32.3 Å². The van der Waals surface area contributed by atoms with Gasteiger partial charge in [0, 0.05) is 11.0 Å². The zero-order valence-corrected chi connectivity index (χ0v) is 13.0. The van der Waals surface area contributed by atoms with Gasteiger partial charge in [0.2, 0.25) is 0 Å². The van der Waals surface area contributed by atoms with Crippen LogP contribution >= 0.6 is 15.9 Å². The van der Waals surface area contributed by atoms with Gasteiger partial charge in [0.05, 0.1) is 11.4 Å². The fourth-order valence-electron chi connectivity index (χ4n) is 2.10. The summed E-state index contributed by atoms with van der Waals surface area (Å²) in [5, 5.41) is 0. The predicted octanol–water partition coefficient (Wildman–Crippen LogP) is 3.28. The molecule has 4 N–H and O–H groups in total. The molecular weight excluding hydrogens is 290 g/mol. The molecule has 0 unspecified atom stereocenters. The van der Waals surface area contributed by atoms with Crippen molar-refractivity contribution in [1.82, 2.24) is 4.90 Å². The van der Waals surface area contributed by atoms with Crippen LogP contribution in [0.2, 0.25) is 0 Å². The first-order valence-corrected chi connectivity index (χ1v) is 7.43. The summed E-state index contributed by atoms with van der Waals surface area (Å²) in [7, 11) is 0. The van der Waals surface area contributed by atoms with Gasteiger partial charge in [-0.2, -0.15) is 0 Å². The SMILES string of the molecule is CCCN(CCC)CCc1cc(N)c(N)c(Br)c1. The third-order valence-electron chi connectivity index (χ3n) is 3.02. The van der Waals surface area contributed by atoms with Crippen LogP contribution < -0.4 is 11.5 Å². The van der Waals surface area contributed by atoms with Crippen molar-refractivity contribution in [2.75, 3.05) is 31.1 Å². The van der Waals surface area contributed by atoms with Crippen LogP contribution in [0.3, 0.4) is 0 Å². The summed E-state index contributed by atoms with van der Waals surface area (Å²) < 4.78 is 0.898. The molecule has 0 saturated heterocycles. The second kappa shape index (κ2) is 7.64. The van der Waals surface area contributed by atoms with Gasteiger partial charge in [0.25, 0.3) is 0 Å². The Morgan fingerprint density at radius 2 is 1.67 bits per heavy atom. The predicted molar refractivity (Wildman–Crippen MR) is 83.7 cm³/mol. The molecule has 1 aromatic rings. The van der Waals surface area contributed by atoms with E-state index in [1.807, 2.05) is 6.07 Å². The number of nitrogens with two attached hydrogens (primary N) is 2. The van der Waals surface area contributed by atoms with E-state index in [9.17, 15) is 0 Å². The molecular formula is C14H24BrN3. The lowest BCUT2D eigenvalue weighted by Gasteiger charge is -2.21. The third kappa shape index (κ3) is 4.50. The summed E-state index contributed by atoms with van der Waals surface area (Å²) >= 11 is 3.45. The van der Waals surface area contributed by atoms with Gasteiger partial charge < -0.3 is 16.4 Å². The van der Waals surface area contributed by atoms with Gasteiger partial charge in [-0.05, 0) is 66.0 Å². The van der Waals surface area contributed by atoms with E-state index in [4.69, 9.17) is 11.5 Å². The molecule has 1 rings (SSSR count). The van der Waals surface area contributed by atoms with Crippen molar-refractivity contribution >= 4 is 27.3 Å². The van der Waals surface area contributed by atoms with E-state index in [0.717, 1.165) is 17.4 Å². The first-order chi connectivity index (χ1) is 8.58. The number of hydrogen-bond acceptors (Lipinski definition) is 3. The molecule has 0 aliphatic carbocycles. The molecule has 1 aromatic carbocycles. The van der Waals surface area contributed by atoms with Gasteiger partial charge >= 0.3 is 0 Å². The van der Waals surface area contributed by atoms with Crippen LogP contribution in [0.5, 0.6) is 0 Å². The molecule has 0 aliphatic rings. The first kappa shape index (κ1) is 15.3. The molecule has 18 heavy (non-hydrogen) atoms. The van der Waals surface area contributed by atoms with Gasteiger partial charge in [-0.25, -0.2) is 0 Å². The molecule has 0 spiro atoms. The Bertz CT molecular complexity index is 350. The maximum absolute atomic E-state index is 5.88. The Morgan fingerprint density at radius 1 is 1.06 bits per heavy atom. The molecule has 4 heteroatoms. The van der Waals surface area contributed by atoms with Gasteiger partial charge in [-0.3, -0.25) is 0 Å². The lowest BCUT2D eigenvalue weighted by molar-refractivity contribution is 0.278. The summed E-state index contributed by atoms with van der Waals surface area (Å²) in [6.07, 6.45) is 3.42. The second-order valence-corrected chi connectivity index (χ2v) is 5.53. The number of halogens is 1. The van der Waals surface area contributed by atoms with Crippen molar-refractivity contribution in [1.29, 1.82) is 0 Å². The van der Waals surface area contributed by atoms with Crippen LogP contribution in [0, 0.1) is 0 Å². The lowest BCUT2D eigenvalue weighted by Crippen LogP contribution is -2.27. The minimum absolute atomic E-state index is 0.637. The van der Waals surface area contributed by atoms with E-state index in [-0.39, 0.29) is 0 Å². The smallest absolute Gasteiger partial charge is 0.0692 e. The number of nitrogens with zero attached hydrogens (tertiary/aromatic N) is 1. The monoisotopic (exact) mass is 313 g/mol. The third-order valence-corrected chi connectivity index (χ3v) is 3.67. The van der Waals surface area contributed by atoms with E-state index < -0.39 is 0 Å². The highest BCUT2D eigenvalue weighted by Crippen LogP contribution is 2.27. The molecule has 0 atom stereocenters. The van der Waals surface area contributed by atoms with Crippen molar-refractivity contribution in [3.63, 3.8) is 0 Å². The van der Waals surface area contributed by atoms with Crippen molar-refractivity contribution < 1.29 is 0 Å². The summed E-state index contributed by atoms with van der Waals surface area (Å²) in [5.41, 5.74) is 14.2. The van der Waals surface area contributed by atoms with Crippen molar-refractivity contribution in [2.45, 2.75) is 33.1 Å². The molecule has 0 saturated carbocycles. The molecule has 0 heterocycles. The fraction of sp³-hybridized carbons (Fsp3) is 0.571. The van der Waals surface area contributed by atoms with Crippen LogP contribution in [0.4, 0.5) is 11.4 Å². The van der Waals surface area contributed by atoms with Gasteiger partial charge in [0.1, 0.15) is 0 Å². The Kier molecular flexibility index (Phi) is 6.50. The van der Waals surface area contributed by atoms with Crippen LogP contribution in [0.15, 0.2) is 16.6 Å². The quantitative estimate of drug-likeness (QED) is 0.759. The van der Waals surface area contributed by atoms with Crippen LogP contribution in [-0.4, -0.2) is 24.5 Å². The summed E-state index contributed by atoms with van der Waals surface area (Å²) in [6, 6.07) is 4.05. The standard InChI is InChI=1S/C14H24BrN3/c1-3-6-18(7-4-2)8-5-11-9-12(15)14(17)13(16)10-11/h9-10H,3-8,16-17H2,1-2H3. The summed E-state index contributed by atoms with van der Waals surface area (Å²) in [6.45, 7) is 7.86. The zero-order chi connectivity index (χ0) is 13.5. The lowest BCUT2D eigenvalue weighted by atomic mass is 10.1. The summed E-state index contributed by atoms with van der Waals surface area (Å²) in [5.74, 6) is 0. The highest BCUT2D eigenvalue weighted by Gasteiger charge is 2.06. The number of hydrogen-bond donors (Lipinski definition) is 2. The maximum atomic E-state index is 5.88. The van der Waals surface area contributed by atoms with Crippen LogP contribution in [-0.2, 0) is 6.42 Å². The Balaban J connectivity index is 2.61. The molecule has 0 amide bonds. The molecule has 0 fully saturated rings. The fourth-order valence-corrected chi connectivity index (χ4v) is 2.62. The van der Waals surface area contributed by atoms with E-state index >= 15 is 0 Å². The highest BCUT2D eigenvalue weighted by atomic mass is 79.9. The maximum Gasteiger partial charge on any atom is 0.0692 e. The number of benzene rings is 1. The molecule has 3 nitrogen and oxygen atoms in total.